The van der Waals surface area contributed by atoms with Gasteiger partial charge in [-0.3, -0.25) is 9.89 Å². The quantitative estimate of drug-likeness (QED) is 0.494. The van der Waals surface area contributed by atoms with E-state index >= 15 is 0 Å². The van der Waals surface area contributed by atoms with Gasteiger partial charge in [0.1, 0.15) is 5.76 Å². The van der Waals surface area contributed by atoms with Gasteiger partial charge in [0.2, 0.25) is 0 Å². The highest BCUT2D eigenvalue weighted by Crippen LogP contribution is 2.24. The summed E-state index contributed by atoms with van der Waals surface area (Å²) in [6.45, 7) is 8.39. The number of furan rings is 1. The van der Waals surface area contributed by atoms with Gasteiger partial charge in [-0.1, -0.05) is 19.8 Å². The Hall–Kier alpha value is -1.53. The standard InChI is InChI=1S/C20H37N5O/c1-4-5-12-24(3)15-11-22-20(21-2)23-17-18(19-10-9-16-26-19)25-13-7-6-8-14-25/h9-10,16,18H,4-8,11-15,17H2,1-3H3,(H2,21,22,23). The minimum absolute atomic E-state index is 0.260. The lowest BCUT2D eigenvalue weighted by atomic mass is 10.1. The molecular weight excluding hydrogens is 326 g/mol. The number of hydrogen-bond acceptors (Lipinski definition) is 4. The van der Waals surface area contributed by atoms with E-state index in [2.05, 4.69) is 45.5 Å². The molecule has 0 bridgehead atoms. The number of nitrogens with zero attached hydrogens (tertiary/aromatic N) is 3. The Morgan fingerprint density at radius 2 is 2.08 bits per heavy atom. The lowest BCUT2D eigenvalue weighted by molar-refractivity contribution is 0.146. The van der Waals surface area contributed by atoms with E-state index in [4.69, 9.17) is 4.42 Å². The topological polar surface area (TPSA) is 56.0 Å². The van der Waals surface area contributed by atoms with Crippen molar-refractivity contribution in [2.75, 3.05) is 53.4 Å². The number of guanidine groups is 1. The fourth-order valence-corrected chi connectivity index (χ4v) is 3.44. The summed E-state index contributed by atoms with van der Waals surface area (Å²) in [7, 11) is 4.01. The van der Waals surface area contributed by atoms with Crippen LogP contribution >= 0.6 is 0 Å². The van der Waals surface area contributed by atoms with E-state index in [1.54, 1.807) is 6.26 Å². The molecule has 148 valence electrons. The normalized spacial score (nSPS) is 17.5. The maximum atomic E-state index is 5.72. The monoisotopic (exact) mass is 363 g/mol. The van der Waals surface area contributed by atoms with Gasteiger partial charge in [0.25, 0.3) is 0 Å². The summed E-state index contributed by atoms with van der Waals surface area (Å²) in [4.78, 5) is 9.27. The summed E-state index contributed by atoms with van der Waals surface area (Å²) in [5, 5.41) is 6.92. The highest BCUT2D eigenvalue weighted by Gasteiger charge is 2.24. The molecule has 1 saturated heterocycles. The van der Waals surface area contributed by atoms with E-state index in [1.807, 2.05) is 13.1 Å². The number of rotatable bonds is 10. The first-order valence-corrected chi connectivity index (χ1v) is 10.1. The summed E-state index contributed by atoms with van der Waals surface area (Å²) >= 11 is 0. The average molecular weight is 364 g/mol. The molecule has 1 aromatic heterocycles. The molecular formula is C20H37N5O. The minimum atomic E-state index is 0.260. The molecule has 0 radical (unpaired) electrons. The third-order valence-electron chi connectivity index (χ3n) is 5.07. The summed E-state index contributed by atoms with van der Waals surface area (Å²) in [5.41, 5.74) is 0. The van der Waals surface area contributed by atoms with Crippen LogP contribution in [0.5, 0.6) is 0 Å². The molecule has 1 unspecified atom stereocenters. The Morgan fingerprint density at radius 3 is 2.73 bits per heavy atom. The van der Waals surface area contributed by atoms with Crippen molar-refractivity contribution in [3.8, 4) is 0 Å². The van der Waals surface area contributed by atoms with Crippen LogP contribution in [0, 0.1) is 0 Å². The summed E-state index contributed by atoms with van der Waals surface area (Å²) in [5.74, 6) is 1.90. The van der Waals surface area contributed by atoms with Gasteiger partial charge in [0.05, 0.1) is 12.3 Å². The van der Waals surface area contributed by atoms with E-state index in [0.717, 1.165) is 51.0 Å². The molecule has 0 aromatic carbocycles. The highest BCUT2D eigenvalue weighted by molar-refractivity contribution is 5.79. The number of piperidine rings is 1. The Morgan fingerprint density at radius 1 is 1.27 bits per heavy atom. The van der Waals surface area contributed by atoms with E-state index < -0.39 is 0 Å². The molecule has 2 rings (SSSR count). The molecule has 26 heavy (non-hydrogen) atoms. The van der Waals surface area contributed by atoms with Crippen molar-refractivity contribution < 1.29 is 4.42 Å². The number of unbranched alkanes of at least 4 members (excludes halogenated alkanes) is 1. The maximum absolute atomic E-state index is 5.72. The van der Waals surface area contributed by atoms with Crippen molar-refractivity contribution in [1.82, 2.24) is 20.4 Å². The largest absolute Gasteiger partial charge is 0.468 e. The average Bonchev–Trinajstić information content (AvgIpc) is 3.20. The van der Waals surface area contributed by atoms with Crippen molar-refractivity contribution >= 4 is 5.96 Å². The van der Waals surface area contributed by atoms with E-state index in [0.29, 0.717) is 0 Å². The fraction of sp³-hybridized carbons (Fsp3) is 0.750. The van der Waals surface area contributed by atoms with E-state index in [1.165, 1.54) is 32.1 Å². The molecule has 1 atom stereocenters. The van der Waals surface area contributed by atoms with Crippen LogP contribution in [0.25, 0.3) is 0 Å². The van der Waals surface area contributed by atoms with Crippen molar-refractivity contribution in [3.63, 3.8) is 0 Å². The third-order valence-corrected chi connectivity index (χ3v) is 5.07. The second-order valence-electron chi connectivity index (χ2n) is 7.16. The van der Waals surface area contributed by atoms with Crippen LogP contribution in [0.15, 0.2) is 27.8 Å². The molecule has 0 aliphatic carbocycles. The van der Waals surface area contributed by atoms with Gasteiger partial charge in [-0.25, -0.2) is 0 Å². The lowest BCUT2D eigenvalue weighted by Crippen LogP contribution is -2.45. The molecule has 2 heterocycles. The highest BCUT2D eigenvalue weighted by atomic mass is 16.3. The van der Waals surface area contributed by atoms with Crippen LogP contribution in [-0.4, -0.2) is 69.1 Å². The second-order valence-corrected chi connectivity index (χ2v) is 7.16. The van der Waals surface area contributed by atoms with E-state index in [-0.39, 0.29) is 6.04 Å². The van der Waals surface area contributed by atoms with Crippen molar-refractivity contribution in [2.24, 2.45) is 4.99 Å². The Bertz CT molecular complexity index is 496. The van der Waals surface area contributed by atoms with Gasteiger partial charge in [0, 0.05) is 26.7 Å². The van der Waals surface area contributed by atoms with Gasteiger partial charge in [0.15, 0.2) is 5.96 Å². The molecule has 1 aliphatic rings. The molecule has 6 heteroatoms. The predicted octanol–water partition coefficient (Wildman–Crippen LogP) is 2.70. The third kappa shape index (κ3) is 7.00. The van der Waals surface area contributed by atoms with Gasteiger partial charge in [-0.2, -0.15) is 0 Å². The molecule has 6 nitrogen and oxygen atoms in total. The zero-order chi connectivity index (χ0) is 18.6. The number of hydrogen-bond donors (Lipinski definition) is 2. The first-order chi connectivity index (χ1) is 12.7. The first-order valence-electron chi connectivity index (χ1n) is 10.1. The molecule has 1 fully saturated rings. The lowest BCUT2D eigenvalue weighted by Gasteiger charge is -2.33. The van der Waals surface area contributed by atoms with Crippen LogP contribution in [0.1, 0.15) is 50.8 Å². The van der Waals surface area contributed by atoms with Gasteiger partial charge in [-0.05, 0) is 58.1 Å². The summed E-state index contributed by atoms with van der Waals surface area (Å²) < 4.78 is 5.72. The van der Waals surface area contributed by atoms with Gasteiger partial charge >= 0.3 is 0 Å². The smallest absolute Gasteiger partial charge is 0.191 e. The second kappa shape index (κ2) is 12.0. The van der Waals surface area contributed by atoms with Crippen LogP contribution in [0.4, 0.5) is 0 Å². The fourth-order valence-electron chi connectivity index (χ4n) is 3.44. The van der Waals surface area contributed by atoms with Crippen molar-refractivity contribution in [1.29, 1.82) is 0 Å². The molecule has 0 spiro atoms. The summed E-state index contributed by atoms with van der Waals surface area (Å²) in [6, 6.07) is 4.32. The molecule has 1 aliphatic heterocycles. The van der Waals surface area contributed by atoms with Crippen LogP contribution in [-0.2, 0) is 0 Å². The van der Waals surface area contributed by atoms with Gasteiger partial charge in [-0.15, -0.1) is 0 Å². The Balaban J connectivity index is 1.80. The molecule has 0 saturated carbocycles. The molecule has 1 aromatic rings. The minimum Gasteiger partial charge on any atom is -0.468 e. The van der Waals surface area contributed by atoms with Crippen molar-refractivity contribution in [3.05, 3.63) is 24.2 Å². The van der Waals surface area contributed by atoms with Crippen LogP contribution in [0.2, 0.25) is 0 Å². The number of nitrogens with one attached hydrogen (secondary N) is 2. The molecule has 2 N–H and O–H groups in total. The SMILES string of the molecule is CCCCN(C)CCNC(=NC)NCC(c1ccco1)N1CCCCC1. The van der Waals surface area contributed by atoms with Crippen LogP contribution < -0.4 is 10.6 Å². The Labute approximate surface area is 159 Å². The molecule has 0 amide bonds. The van der Waals surface area contributed by atoms with Gasteiger partial charge < -0.3 is 20.0 Å². The zero-order valence-corrected chi connectivity index (χ0v) is 16.8. The van der Waals surface area contributed by atoms with E-state index in [9.17, 15) is 0 Å². The first kappa shape index (κ1) is 20.8. The van der Waals surface area contributed by atoms with Crippen molar-refractivity contribution in [2.45, 2.75) is 45.1 Å². The predicted molar refractivity (Wildman–Crippen MR) is 109 cm³/mol. The number of aliphatic imine (C=N–C) groups is 1. The maximum Gasteiger partial charge on any atom is 0.191 e. The Kier molecular flexibility index (Phi) is 9.56. The summed E-state index contributed by atoms with van der Waals surface area (Å²) in [6.07, 6.45) is 8.15. The van der Waals surface area contributed by atoms with Crippen LogP contribution in [0.3, 0.4) is 0 Å². The number of likely N-dealkylation sites (N-methyl/N-ethyl adjacent to an activating group) is 1. The number of likely N-dealkylation sites (tertiary alicyclic amines) is 1. The zero-order valence-electron chi connectivity index (χ0n) is 16.8.